The van der Waals surface area contributed by atoms with Crippen LogP contribution in [0.4, 0.5) is 0 Å². The zero-order valence-electron chi connectivity index (χ0n) is 16.9. The second-order valence-corrected chi connectivity index (χ2v) is 7.56. The van der Waals surface area contributed by atoms with Gasteiger partial charge in [-0.05, 0) is 74.6 Å². The third-order valence-corrected chi connectivity index (χ3v) is 5.23. The molecule has 0 atom stereocenters. The third-order valence-electron chi connectivity index (χ3n) is 5.23. The van der Waals surface area contributed by atoms with Crippen molar-refractivity contribution in [3.8, 4) is 5.75 Å². The molecule has 0 bridgehead atoms. The van der Waals surface area contributed by atoms with Crippen molar-refractivity contribution in [2.24, 2.45) is 5.92 Å². The second kappa shape index (κ2) is 13.2. The average molecular weight is 387 g/mol. The fourth-order valence-electron chi connectivity index (χ4n) is 3.52. The molecule has 1 saturated carbocycles. The molecule has 1 aromatic carbocycles. The Morgan fingerprint density at radius 3 is 2.46 bits per heavy atom. The van der Waals surface area contributed by atoms with Gasteiger partial charge >= 0.3 is 5.97 Å². The number of carbonyl (C=O) groups is 1. The fourth-order valence-corrected chi connectivity index (χ4v) is 3.52. The smallest absolute Gasteiger partial charge is 0.328 e. The number of ether oxygens (including phenoxy) is 2. The van der Waals surface area contributed by atoms with E-state index in [1.165, 1.54) is 19.3 Å². The van der Waals surface area contributed by atoms with Gasteiger partial charge < -0.3 is 14.6 Å². The summed E-state index contributed by atoms with van der Waals surface area (Å²) in [6, 6.07) is 7.53. The van der Waals surface area contributed by atoms with E-state index in [0.29, 0.717) is 12.0 Å². The summed E-state index contributed by atoms with van der Waals surface area (Å²) in [4.78, 5) is 10.5. The van der Waals surface area contributed by atoms with Gasteiger partial charge in [-0.2, -0.15) is 0 Å². The van der Waals surface area contributed by atoms with Crippen LogP contribution in [0, 0.1) is 5.92 Å². The lowest BCUT2D eigenvalue weighted by atomic mass is 9.88. The summed E-state index contributed by atoms with van der Waals surface area (Å²) >= 11 is 0. The molecule has 0 saturated heterocycles. The third kappa shape index (κ3) is 9.23. The van der Waals surface area contributed by atoms with E-state index in [0.717, 1.165) is 69.1 Å². The Bertz CT molecular complexity index is 598. The monoisotopic (exact) mass is 386 g/mol. The summed E-state index contributed by atoms with van der Waals surface area (Å²) < 4.78 is 12.0. The highest BCUT2D eigenvalue weighted by Crippen LogP contribution is 2.27. The van der Waals surface area contributed by atoms with Crippen LogP contribution in [0.25, 0.3) is 6.08 Å². The van der Waals surface area contributed by atoms with Crippen LogP contribution in [0.1, 0.15) is 63.4 Å². The molecule has 4 heteroatoms. The van der Waals surface area contributed by atoms with E-state index in [-0.39, 0.29) is 0 Å². The number of unbranched alkanes of at least 4 members (excludes halogenated alkanes) is 4. The Hall–Kier alpha value is -2.07. The Labute approximate surface area is 169 Å². The molecule has 2 rings (SSSR count). The molecule has 4 nitrogen and oxygen atoms in total. The predicted molar refractivity (Wildman–Crippen MR) is 114 cm³/mol. The summed E-state index contributed by atoms with van der Waals surface area (Å²) in [5.74, 6) is 0.482. The van der Waals surface area contributed by atoms with E-state index in [1.807, 2.05) is 30.3 Å². The lowest BCUT2D eigenvalue weighted by Gasteiger charge is -2.28. The molecule has 28 heavy (non-hydrogen) atoms. The minimum absolute atomic E-state index is 0.421. The normalized spacial score (nSPS) is 19.6. The minimum atomic E-state index is -0.941. The number of hydrogen-bond acceptors (Lipinski definition) is 3. The summed E-state index contributed by atoms with van der Waals surface area (Å²) in [6.07, 6.45) is 15.8. The van der Waals surface area contributed by atoms with E-state index in [1.54, 1.807) is 6.08 Å². The number of hydrogen-bond donors (Lipinski definition) is 1. The van der Waals surface area contributed by atoms with Crippen LogP contribution >= 0.6 is 0 Å². The van der Waals surface area contributed by atoms with Crippen molar-refractivity contribution in [2.45, 2.75) is 63.9 Å². The molecule has 1 fully saturated rings. The highest BCUT2D eigenvalue weighted by Gasteiger charge is 2.22. The molecule has 154 valence electrons. The second-order valence-electron chi connectivity index (χ2n) is 7.56. The van der Waals surface area contributed by atoms with Gasteiger partial charge in [0.1, 0.15) is 5.75 Å². The van der Waals surface area contributed by atoms with Crippen LogP contribution in [0.15, 0.2) is 43.0 Å². The Kier molecular flexibility index (Phi) is 10.4. The molecule has 1 aliphatic rings. The van der Waals surface area contributed by atoms with E-state index in [9.17, 15) is 4.79 Å². The first kappa shape index (κ1) is 22.2. The molecule has 0 aliphatic heterocycles. The lowest BCUT2D eigenvalue weighted by Crippen LogP contribution is -2.25. The van der Waals surface area contributed by atoms with Crippen molar-refractivity contribution in [3.05, 3.63) is 48.6 Å². The Morgan fingerprint density at radius 2 is 1.79 bits per heavy atom. The molecule has 0 aromatic heterocycles. The van der Waals surface area contributed by atoms with Crippen LogP contribution in [0.3, 0.4) is 0 Å². The van der Waals surface area contributed by atoms with Crippen LogP contribution in [0.2, 0.25) is 0 Å². The fraction of sp³-hybridized carbons (Fsp3) is 0.542. The number of carboxylic acid groups (broad SMARTS) is 1. The van der Waals surface area contributed by atoms with Crippen LogP contribution in [-0.2, 0) is 9.53 Å². The number of aliphatic carboxylic acids is 1. The van der Waals surface area contributed by atoms with Crippen molar-refractivity contribution < 1.29 is 19.4 Å². The van der Waals surface area contributed by atoms with Crippen molar-refractivity contribution in [1.29, 1.82) is 0 Å². The molecular formula is C24H34O4. The van der Waals surface area contributed by atoms with Crippen molar-refractivity contribution in [3.63, 3.8) is 0 Å². The quantitative estimate of drug-likeness (QED) is 0.261. The van der Waals surface area contributed by atoms with Gasteiger partial charge in [0.25, 0.3) is 0 Å². The molecule has 1 N–H and O–H groups in total. The summed E-state index contributed by atoms with van der Waals surface area (Å²) in [5, 5.41) is 8.65. The summed E-state index contributed by atoms with van der Waals surface area (Å²) in [7, 11) is 0. The van der Waals surface area contributed by atoms with E-state index in [2.05, 4.69) is 6.58 Å². The highest BCUT2D eigenvalue weighted by molar-refractivity contribution is 5.85. The number of carboxylic acids is 1. The lowest BCUT2D eigenvalue weighted by molar-refractivity contribution is -0.131. The van der Waals surface area contributed by atoms with Gasteiger partial charge in [-0.1, -0.05) is 31.1 Å². The van der Waals surface area contributed by atoms with Crippen LogP contribution < -0.4 is 4.74 Å². The molecule has 1 aromatic rings. The molecule has 0 unspecified atom stereocenters. The van der Waals surface area contributed by atoms with Crippen molar-refractivity contribution in [2.75, 3.05) is 13.2 Å². The number of rotatable bonds is 13. The number of benzene rings is 1. The first-order valence-corrected chi connectivity index (χ1v) is 10.5. The molecular weight excluding hydrogens is 352 g/mol. The van der Waals surface area contributed by atoms with Gasteiger partial charge in [-0.3, -0.25) is 0 Å². The van der Waals surface area contributed by atoms with E-state index >= 15 is 0 Å². The standard InChI is InChI=1S/C24H34O4/c1-2-3-4-5-6-7-18-27-22-15-10-21(11-16-22)19-28-23-13-8-20(9-14-23)12-17-24(25)26/h2,8-9,12-14,17,21-22H,1,3-7,10-11,15-16,18-19H2,(H,25,26). The highest BCUT2D eigenvalue weighted by atomic mass is 16.5. The van der Waals surface area contributed by atoms with Crippen molar-refractivity contribution >= 4 is 12.0 Å². The van der Waals surface area contributed by atoms with E-state index in [4.69, 9.17) is 14.6 Å². The van der Waals surface area contributed by atoms with Gasteiger partial charge in [0.15, 0.2) is 0 Å². The van der Waals surface area contributed by atoms with Crippen LogP contribution in [0.5, 0.6) is 5.75 Å². The van der Waals surface area contributed by atoms with Gasteiger partial charge in [-0.15, -0.1) is 6.58 Å². The molecule has 1 aliphatic carbocycles. The van der Waals surface area contributed by atoms with Gasteiger partial charge in [0.05, 0.1) is 12.7 Å². The van der Waals surface area contributed by atoms with Gasteiger partial charge in [0, 0.05) is 12.7 Å². The molecule has 0 spiro atoms. The predicted octanol–water partition coefficient (Wildman–Crippen LogP) is 5.88. The summed E-state index contributed by atoms with van der Waals surface area (Å²) in [6.45, 7) is 5.38. The topological polar surface area (TPSA) is 55.8 Å². The average Bonchev–Trinajstić information content (AvgIpc) is 2.71. The molecule has 0 amide bonds. The maximum absolute atomic E-state index is 10.5. The first-order valence-electron chi connectivity index (χ1n) is 10.5. The van der Waals surface area contributed by atoms with Crippen LogP contribution in [-0.4, -0.2) is 30.4 Å². The first-order chi connectivity index (χ1) is 13.7. The molecule has 0 heterocycles. The zero-order valence-corrected chi connectivity index (χ0v) is 16.9. The maximum Gasteiger partial charge on any atom is 0.328 e. The van der Waals surface area contributed by atoms with Crippen molar-refractivity contribution in [1.82, 2.24) is 0 Å². The number of allylic oxidation sites excluding steroid dienone is 1. The largest absolute Gasteiger partial charge is 0.493 e. The maximum atomic E-state index is 10.5. The Balaban J connectivity index is 1.56. The van der Waals surface area contributed by atoms with Gasteiger partial charge in [-0.25, -0.2) is 4.79 Å². The minimum Gasteiger partial charge on any atom is -0.493 e. The zero-order chi connectivity index (χ0) is 20.0. The Morgan fingerprint density at radius 1 is 1.07 bits per heavy atom. The summed E-state index contributed by atoms with van der Waals surface area (Å²) in [5.41, 5.74) is 0.855. The molecule has 0 radical (unpaired) electrons. The van der Waals surface area contributed by atoms with Gasteiger partial charge in [0.2, 0.25) is 0 Å². The SMILES string of the molecule is C=CCCCCCCOC1CCC(COc2ccc(C=CC(=O)O)cc2)CC1. The van der Waals surface area contributed by atoms with E-state index < -0.39 is 5.97 Å².